The molecule has 14 heavy (non-hydrogen) atoms. The molecule has 0 amide bonds. The number of ether oxygens (including phenoxy) is 1. The molecule has 1 N–H and O–H groups in total. The molecule has 0 aromatic heterocycles. The Morgan fingerprint density at radius 1 is 1.57 bits per heavy atom. The minimum atomic E-state index is 0.287. The Balaban J connectivity index is 1.89. The topological polar surface area (TPSA) is 21.3 Å². The number of hydrogen-bond donors (Lipinski definition) is 1. The lowest BCUT2D eigenvalue weighted by atomic mass is 9.57. The van der Waals surface area contributed by atoms with E-state index in [4.69, 9.17) is 11.2 Å². The van der Waals surface area contributed by atoms with Crippen molar-refractivity contribution in [3.63, 3.8) is 0 Å². The van der Waals surface area contributed by atoms with Crippen molar-refractivity contribution in [2.45, 2.75) is 38.8 Å². The Hall–Kier alpha value is -0.520. The van der Waals surface area contributed by atoms with Crippen molar-refractivity contribution >= 4 is 0 Å². The van der Waals surface area contributed by atoms with Gasteiger partial charge in [-0.25, -0.2) is 0 Å². The highest BCUT2D eigenvalue weighted by Gasteiger charge is 2.58. The van der Waals surface area contributed by atoms with E-state index in [-0.39, 0.29) is 5.41 Å². The fraction of sp³-hybridized carbons (Fsp3) is 0.833. The first-order valence-electron chi connectivity index (χ1n) is 5.46. The van der Waals surface area contributed by atoms with Crippen molar-refractivity contribution < 1.29 is 4.74 Å². The van der Waals surface area contributed by atoms with Gasteiger partial charge in [-0.1, -0.05) is 13.8 Å². The van der Waals surface area contributed by atoms with Crippen LogP contribution in [0.15, 0.2) is 0 Å². The Kier molecular flexibility index (Phi) is 2.55. The van der Waals surface area contributed by atoms with Gasteiger partial charge in [0.2, 0.25) is 0 Å². The average Bonchev–Trinajstić information content (AvgIpc) is 2.58. The summed E-state index contributed by atoms with van der Waals surface area (Å²) in [5.74, 6) is 3.39. The summed E-state index contributed by atoms with van der Waals surface area (Å²) in [5, 5.41) is 3.56. The first-order chi connectivity index (χ1) is 6.68. The van der Waals surface area contributed by atoms with Gasteiger partial charge < -0.3 is 10.1 Å². The molecule has 3 unspecified atom stereocenters. The molecule has 2 nitrogen and oxygen atoms in total. The van der Waals surface area contributed by atoms with E-state index >= 15 is 0 Å². The SMILES string of the molecule is C#CCCNC1C2CCOC2C1(C)C. The van der Waals surface area contributed by atoms with Crippen molar-refractivity contribution in [1.82, 2.24) is 5.32 Å². The van der Waals surface area contributed by atoms with Crippen LogP contribution < -0.4 is 5.32 Å². The molecule has 1 saturated carbocycles. The minimum Gasteiger partial charge on any atom is -0.377 e. The fourth-order valence-electron chi connectivity index (χ4n) is 3.04. The zero-order valence-electron chi connectivity index (χ0n) is 9.05. The van der Waals surface area contributed by atoms with Gasteiger partial charge >= 0.3 is 0 Å². The summed E-state index contributed by atoms with van der Waals surface area (Å²) in [6.07, 6.45) is 7.75. The lowest BCUT2D eigenvalue weighted by Gasteiger charge is -2.55. The number of fused-ring (bicyclic) bond motifs is 1. The summed E-state index contributed by atoms with van der Waals surface area (Å²) in [4.78, 5) is 0. The second kappa shape index (κ2) is 3.56. The molecular weight excluding hydrogens is 174 g/mol. The molecule has 1 aliphatic heterocycles. The summed E-state index contributed by atoms with van der Waals surface area (Å²) in [5.41, 5.74) is 0.287. The van der Waals surface area contributed by atoms with Crippen LogP contribution in [0.4, 0.5) is 0 Å². The summed E-state index contributed by atoms with van der Waals surface area (Å²) in [6.45, 7) is 6.44. The van der Waals surface area contributed by atoms with Gasteiger partial charge in [-0.3, -0.25) is 0 Å². The first kappa shape index (κ1) is 10.0. The van der Waals surface area contributed by atoms with E-state index in [1.807, 2.05) is 0 Å². The van der Waals surface area contributed by atoms with Crippen LogP contribution in [0.3, 0.4) is 0 Å². The number of terminal acetylenes is 1. The monoisotopic (exact) mass is 193 g/mol. The third-order valence-corrected chi connectivity index (χ3v) is 3.73. The number of rotatable bonds is 3. The van der Waals surface area contributed by atoms with E-state index in [1.165, 1.54) is 6.42 Å². The van der Waals surface area contributed by atoms with Gasteiger partial charge in [0, 0.05) is 36.9 Å². The van der Waals surface area contributed by atoms with Crippen molar-refractivity contribution in [2.75, 3.05) is 13.2 Å². The highest BCUT2D eigenvalue weighted by atomic mass is 16.5. The van der Waals surface area contributed by atoms with E-state index < -0.39 is 0 Å². The molecule has 2 fully saturated rings. The van der Waals surface area contributed by atoms with E-state index in [2.05, 4.69) is 25.1 Å². The van der Waals surface area contributed by atoms with Crippen molar-refractivity contribution in [3.8, 4) is 12.3 Å². The Morgan fingerprint density at radius 2 is 2.36 bits per heavy atom. The molecule has 2 rings (SSSR count). The van der Waals surface area contributed by atoms with Gasteiger partial charge in [0.25, 0.3) is 0 Å². The highest BCUT2D eigenvalue weighted by molar-refractivity contribution is 5.11. The zero-order valence-corrected chi connectivity index (χ0v) is 9.05. The van der Waals surface area contributed by atoms with Crippen molar-refractivity contribution in [1.29, 1.82) is 0 Å². The van der Waals surface area contributed by atoms with Gasteiger partial charge in [0.05, 0.1) is 6.10 Å². The van der Waals surface area contributed by atoms with Crippen LogP contribution in [0.25, 0.3) is 0 Å². The molecule has 0 aromatic carbocycles. The van der Waals surface area contributed by atoms with E-state index in [9.17, 15) is 0 Å². The quantitative estimate of drug-likeness (QED) is 0.540. The van der Waals surface area contributed by atoms with Crippen LogP contribution in [0, 0.1) is 23.7 Å². The molecular formula is C12H19NO. The Morgan fingerprint density at radius 3 is 3.07 bits per heavy atom. The van der Waals surface area contributed by atoms with E-state index in [1.54, 1.807) is 0 Å². The van der Waals surface area contributed by atoms with Gasteiger partial charge in [0.1, 0.15) is 0 Å². The van der Waals surface area contributed by atoms with Crippen LogP contribution in [-0.2, 0) is 4.74 Å². The fourth-order valence-corrected chi connectivity index (χ4v) is 3.04. The number of hydrogen-bond acceptors (Lipinski definition) is 2. The minimum absolute atomic E-state index is 0.287. The summed E-state index contributed by atoms with van der Waals surface area (Å²) in [6, 6.07) is 0.600. The third-order valence-electron chi connectivity index (χ3n) is 3.73. The molecule has 0 radical (unpaired) electrons. The van der Waals surface area contributed by atoms with Crippen LogP contribution >= 0.6 is 0 Å². The van der Waals surface area contributed by atoms with Crippen molar-refractivity contribution in [3.05, 3.63) is 0 Å². The standard InChI is InChI=1S/C12H19NO/c1-4-5-7-13-10-9-6-8-14-11(9)12(10,2)3/h1,9-11,13H,5-8H2,2-3H3. The second-order valence-electron chi connectivity index (χ2n) is 4.95. The molecule has 1 saturated heterocycles. The normalized spacial score (nSPS) is 38.5. The van der Waals surface area contributed by atoms with Crippen LogP contribution in [0.5, 0.6) is 0 Å². The predicted octanol–water partition coefficient (Wildman–Crippen LogP) is 1.41. The Bertz CT molecular complexity index is 254. The molecule has 0 bridgehead atoms. The molecule has 2 heteroatoms. The van der Waals surface area contributed by atoms with Gasteiger partial charge in [-0.15, -0.1) is 12.3 Å². The highest BCUT2D eigenvalue weighted by Crippen LogP contribution is 2.51. The Labute approximate surface area is 86.4 Å². The molecule has 1 aliphatic carbocycles. The molecule has 78 valence electrons. The molecule has 1 heterocycles. The van der Waals surface area contributed by atoms with Crippen LogP contribution in [0.2, 0.25) is 0 Å². The average molecular weight is 193 g/mol. The van der Waals surface area contributed by atoms with Crippen LogP contribution in [-0.4, -0.2) is 25.3 Å². The predicted molar refractivity (Wildman–Crippen MR) is 56.9 cm³/mol. The first-order valence-corrected chi connectivity index (χ1v) is 5.46. The summed E-state index contributed by atoms with van der Waals surface area (Å²) in [7, 11) is 0. The maximum Gasteiger partial charge on any atom is 0.0685 e. The molecule has 0 spiro atoms. The van der Waals surface area contributed by atoms with E-state index in [0.29, 0.717) is 12.1 Å². The van der Waals surface area contributed by atoms with Crippen molar-refractivity contribution in [2.24, 2.45) is 11.3 Å². The van der Waals surface area contributed by atoms with Gasteiger partial charge in [0.15, 0.2) is 0 Å². The van der Waals surface area contributed by atoms with E-state index in [0.717, 1.165) is 25.5 Å². The largest absolute Gasteiger partial charge is 0.377 e. The molecule has 3 atom stereocenters. The molecule has 0 aromatic rings. The second-order valence-corrected chi connectivity index (χ2v) is 4.95. The maximum atomic E-state index is 5.72. The van der Waals surface area contributed by atoms with Crippen LogP contribution in [0.1, 0.15) is 26.7 Å². The summed E-state index contributed by atoms with van der Waals surface area (Å²) < 4.78 is 5.72. The lowest BCUT2D eigenvalue weighted by Crippen LogP contribution is -2.65. The maximum absolute atomic E-state index is 5.72. The summed E-state index contributed by atoms with van der Waals surface area (Å²) >= 11 is 0. The van der Waals surface area contributed by atoms with Gasteiger partial charge in [-0.05, 0) is 6.42 Å². The third kappa shape index (κ3) is 1.36. The zero-order chi connectivity index (χ0) is 10.2. The smallest absolute Gasteiger partial charge is 0.0685 e. The number of nitrogens with one attached hydrogen (secondary N) is 1. The lowest BCUT2D eigenvalue weighted by molar-refractivity contribution is -0.112. The van der Waals surface area contributed by atoms with Gasteiger partial charge in [-0.2, -0.15) is 0 Å². The molecule has 2 aliphatic rings.